The monoisotopic (exact) mass is 259 g/mol. The van der Waals surface area contributed by atoms with E-state index in [0.29, 0.717) is 11.6 Å². The summed E-state index contributed by atoms with van der Waals surface area (Å²) in [5, 5.41) is 17.6. The van der Waals surface area contributed by atoms with Crippen LogP contribution in [0.15, 0.2) is 24.3 Å². The highest BCUT2D eigenvalue weighted by molar-refractivity contribution is 5.38. The van der Waals surface area contributed by atoms with Gasteiger partial charge in [-0.05, 0) is 30.0 Å². The predicted octanol–water partition coefficient (Wildman–Crippen LogP) is 2.84. The Morgan fingerprint density at radius 2 is 2.11 bits per heavy atom. The van der Waals surface area contributed by atoms with Crippen LogP contribution in [0.1, 0.15) is 50.1 Å². The van der Waals surface area contributed by atoms with E-state index < -0.39 is 0 Å². The molecule has 102 valence electrons. The lowest BCUT2D eigenvalue weighted by Gasteiger charge is -2.10. The summed E-state index contributed by atoms with van der Waals surface area (Å²) in [6.45, 7) is 6.40. The summed E-state index contributed by atoms with van der Waals surface area (Å²) in [4.78, 5) is 0. The highest BCUT2D eigenvalue weighted by atomic mass is 16.3. The normalized spacial score (nSPS) is 11.2. The number of rotatable bonds is 5. The molecule has 1 N–H and O–H groups in total. The van der Waals surface area contributed by atoms with Gasteiger partial charge in [-0.3, -0.25) is 0 Å². The van der Waals surface area contributed by atoms with Gasteiger partial charge >= 0.3 is 0 Å². The zero-order chi connectivity index (χ0) is 13.8. The Labute approximate surface area is 114 Å². The van der Waals surface area contributed by atoms with E-state index in [2.05, 4.69) is 43.2 Å². The van der Waals surface area contributed by atoms with Crippen LogP contribution in [-0.4, -0.2) is 20.1 Å². The molecule has 1 heterocycles. The quantitative estimate of drug-likeness (QED) is 0.898. The Morgan fingerprint density at radius 1 is 1.32 bits per heavy atom. The van der Waals surface area contributed by atoms with Crippen molar-refractivity contribution >= 4 is 0 Å². The molecule has 1 aromatic heterocycles. The number of aliphatic hydroxyl groups excluding tert-OH is 1. The number of hydrogen-bond donors (Lipinski definition) is 1. The van der Waals surface area contributed by atoms with Crippen LogP contribution in [0.2, 0.25) is 0 Å². The third-order valence-electron chi connectivity index (χ3n) is 3.26. The molecule has 0 spiro atoms. The van der Waals surface area contributed by atoms with Gasteiger partial charge in [0.15, 0.2) is 0 Å². The van der Waals surface area contributed by atoms with E-state index in [1.165, 1.54) is 5.56 Å². The van der Waals surface area contributed by atoms with Gasteiger partial charge in [-0.2, -0.15) is 0 Å². The molecular formula is C15H21N3O. The topological polar surface area (TPSA) is 50.9 Å². The van der Waals surface area contributed by atoms with Crippen molar-refractivity contribution in [3.8, 4) is 5.69 Å². The number of benzene rings is 1. The van der Waals surface area contributed by atoms with E-state index in [4.69, 9.17) is 0 Å². The Morgan fingerprint density at radius 3 is 2.74 bits per heavy atom. The molecule has 0 aliphatic heterocycles. The van der Waals surface area contributed by atoms with Gasteiger partial charge in [-0.1, -0.05) is 44.5 Å². The fourth-order valence-electron chi connectivity index (χ4n) is 2.17. The molecule has 0 amide bonds. The molecule has 2 aromatic rings. The van der Waals surface area contributed by atoms with Crippen molar-refractivity contribution in [1.29, 1.82) is 0 Å². The van der Waals surface area contributed by atoms with E-state index in [1.54, 1.807) is 0 Å². The first kappa shape index (κ1) is 13.7. The molecule has 0 saturated carbocycles. The van der Waals surface area contributed by atoms with E-state index >= 15 is 0 Å². The largest absolute Gasteiger partial charge is 0.390 e. The molecule has 0 saturated heterocycles. The summed E-state index contributed by atoms with van der Waals surface area (Å²) in [6, 6.07) is 8.33. The molecule has 4 nitrogen and oxygen atoms in total. The molecule has 0 fully saturated rings. The lowest BCUT2D eigenvalue weighted by molar-refractivity contribution is 0.275. The maximum Gasteiger partial charge on any atom is 0.112 e. The Hall–Kier alpha value is -1.68. The number of nitrogens with zero attached hydrogens (tertiary/aromatic N) is 3. The SMILES string of the molecule is CCCc1c(CO)nnn1-c1cccc(C(C)C)c1. The zero-order valence-corrected chi connectivity index (χ0v) is 11.8. The first-order valence-corrected chi connectivity index (χ1v) is 6.82. The van der Waals surface area contributed by atoms with E-state index in [9.17, 15) is 5.11 Å². The number of aliphatic hydroxyl groups is 1. The molecule has 0 aliphatic rings. The van der Waals surface area contributed by atoms with Crippen molar-refractivity contribution in [2.75, 3.05) is 0 Å². The third-order valence-corrected chi connectivity index (χ3v) is 3.26. The first-order chi connectivity index (χ1) is 9.17. The van der Waals surface area contributed by atoms with Crippen LogP contribution in [-0.2, 0) is 13.0 Å². The molecule has 19 heavy (non-hydrogen) atoms. The molecule has 1 aromatic carbocycles. The molecule has 0 unspecified atom stereocenters. The smallest absolute Gasteiger partial charge is 0.112 e. The van der Waals surface area contributed by atoms with Crippen molar-refractivity contribution < 1.29 is 5.11 Å². The molecule has 0 atom stereocenters. The van der Waals surface area contributed by atoms with Gasteiger partial charge in [0.05, 0.1) is 18.0 Å². The third kappa shape index (κ3) is 2.84. The van der Waals surface area contributed by atoms with Crippen LogP contribution >= 0.6 is 0 Å². The highest BCUT2D eigenvalue weighted by Crippen LogP contribution is 2.20. The Balaban J connectivity index is 2.46. The van der Waals surface area contributed by atoms with Crippen molar-refractivity contribution in [1.82, 2.24) is 15.0 Å². The van der Waals surface area contributed by atoms with E-state index in [0.717, 1.165) is 24.2 Å². The Kier molecular flexibility index (Phi) is 4.32. The molecule has 0 bridgehead atoms. The molecule has 0 aliphatic carbocycles. The fraction of sp³-hybridized carbons (Fsp3) is 0.467. The van der Waals surface area contributed by atoms with Crippen molar-refractivity contribution in [3.63, 3.8) is 0 Å². The van der Waals surface area contributed by atoms with Crippen LogP contribution < -0.4 is 0 Å². The van der Waals surface area contributed by atoms with Gasteiger partial charge in [-0.15, -0.1) is 5.10 Å². The minimum Gasteiger partial charge on any atom is -0.390 e. The highest BCUT2D eigenvalue weighted by Gasteiger charge is 2.13. The van der Waals surface area contributed by atoms with Gasteiger partial charge in [-0.25, -0.2) is 4.68 Å². The Bertz CT molecular complexity index is 546. The van der Waals surface area contributed by atoms with Crippen LogP contribution in [0.25, 0.3) is 5.69 Å². The van der Waals surface area contributed by atoms with Crippen LogP contribution in [0.4, 0.5) is 0 Å². The molecule has 0 radical (unpaired) electrons. The van der Waals surface area contributed by atoms with Gasteiger partial charge < -0.3 is 5.11 Å². The summed E-state index contributed by atoms with van der Waals surface area (Å²) >= 11 is 0. The van der Waals surface area contributed by atoms with Gasteiger partial charge in [0.2, 0.25) is 0 Å². The second kappa shape index (κ2) is 5.97. The minimum atomic E-state index is -0.0563. The van der Waals surface area contributed by atoms with Crippen LogP contribution in [0, 0.1) is 0 Å². The van der Waals surface area contributed by atoms with E-state index in [1.807, 2.05) is 16.8 Å². The zero-order valence-electron chi connectivity index (χ0n) is 11.8. The second-order valence-electron chi connectivity index (χ2n) is 5.05. The lowest BCUT2D eigenvalue weighted by Crippen LogP contribution is -2.04. The van der Waals surface area contributed by atoms with E-state index in [-0.39, 0.29) is 6.61 Å². The predicted molar refractivity (Wildman–Crippen MR) is 75.4 cm³/mol. The lowest BCUT2D eigenvalue weighted by atomic mass is 10.0. The van der Waals surface area contributed by atoms with Crippen molar-refractivity contribution in [2.45, 2.75) is 46.1 Å². The average Bonchev–Trinajstić information content (AvgIpc) is 2.82. The summed E-state index contributed by atoms with van der Waals surface area (Å²) in [7, 11) is 0. The van der Waals surface area contributed by atoms with Crippen molar-refractivity contribution in [3.05, 3.63) is 41.2 Å². The standard InChI is InChI=1S/C15H21N3O/c1-4-6-15-14(10-19)16-17-18(15)13-8-5-7-12(9-13)11(2)3/h5,7-9,11,19H,4,6,10H2,1-3H3. The van der Waals surface area contributed by atoms with Gasteiger partial charge in [0.25, 0.3) is 0 Å². The molecule has 4 heteroatoms. The van der Waals surface area contributed by atoms with Crippen LogP contribution in [0.5, 0.6) is 0 Å². The number of hydrogen-bond acceptors (Lipinski definition) is 3. The summed E-state index contributed by atoms with van der Waals surface area (Å²) in [5.74, 6) is 0.482. The van der Waals surface area contributed by atoms with Gasteiger partial charge in [0, 0.05) is 0 Å². The minimum absolute atomic E-state index is 0.0563. The van der Waals surface area contributed by atoms with Gasteiger partial charge in [0.1, 0.15) is 5.69 Å². The maximum absolute atomic E-state index is 9.33. The molecule has 2 rings (SSSR count). The second-order valence-corrected chi connectivity index (χ2v) is 5.05. The summed E-state index contributed by atoms with van der Waals surface area (Å²) in [5.41, 5.74) is 3.98. The summed E-state index contributed by atoms with van der Waals surface area (Å²) < 4.78 is 1.85. The van der Waals surface area contributed by atoms with Crippen molar-refractivity contribution in [2.24, 2.45) is 0 Å². The van der Waals surface area contributed by atoms with Crippen LogP contribution in [0.3, 0.4) is 0 Å². The maximum atomic E-state index is 9.33. The fourth-order valence-corrected chi connectivity index (χ4v) is 2.17. The average molecular weight is 259 g/mol. The first-order valence-electron chi connectivity index (χ1n) is 6.82. The molecular weight excluding hydrogens is 238 g/mol. The number of aromatic nitrogens is 3. The summed E-state index contributed by atoms with van der Waals surface area (Å²) in [6.07, 6.45) is 1.87.